The SMILES string of the molecule is O=C(O)NC(CO)Cc1ccc([N+](=O)[O-])cc1. The van der Waals surface area contributed by atoms with Crippen LogP contribution in [0.2, 0.25) is 0 Å². The zero-order chi connectivity index (χ0) is 12.8. The maximum Gasteiger partial charge on any atom is 0.404 e. The van der Waals surface area contributed by atoms with Gasteiger partial charge in [0.2, 0.25) is 0 Å². The van der Waals surface area contributed by atoms with Crippen molar-refractivity contribution in [1.29, 1.82) is 0 Å². The third-order valence-corrected chi connectivity index (χ3v) is 2.18. The third kappa shape index (κ3) is 4.07. The molecule has 0 spiro atoms. The van der Waals surface area contributed by atoms with Crippen LogP contribution < -0.4 is 5.32 Å². The van der Waals surface area contributed by atoms with Crippen LogP contribution in [0.25, 0.3) is 0 Å². The predicted molar refractivity (Wildman–Crippen MR) is 58.8 cm³/mol. The summed E-state index contributed by atoms with van der Waals surface area (Å²) < 4.78 is 0. The van der Waals surface area contributed by atoms with E-state index in [0.29, 0.717) is 5.56 Å². The van der Waals surface area contributed by atoms with E-state index in [2.05, 4.69) is 5.32 Å². The minimum atomic E-state index is -1.22. The molecular weight excluding hydrogens is 228 g/mol. The van der Waals surface area contributed by atoms with Gasteiger partial charge in [0.05, 0.1) is 17.6 Å². The van der Waals surface area contributed by atoms with Gasteiger partial charge in [-0.25, -0.2) is 4.79 Å². The van der Waals surface area contributed by atoms with E-state index < -0.39 is 17.1 Å². The molecule has 0 aliphatic rings. The second-order valence-corrected chi connectivity index (χ2v) is 3.46. The van der Waals surface area contributed by atoms with Gasteiger partial charge in [0, 0.05) is 12.1 Å². The number of rotatable bonds is 5. The molecule has 1 aromatic rings. The lowest BCUT2D eigenvalue weighted by Gasteiger charge is -2.13. The second kappa shape index (κ2) is 5.80. The largest absolute Gasteiger partial charge is 0.465 e. The highest BCUT2D eigenvalue weighted by Crippen LogP contribution is 2.13. The number of nitrogens with zero attached hydrogens (tertiary/aromatic N) is 1. The number of aliphatic hydroxyl groups is 1. The van der Waals surface area contributed by atoms with Gasteiger partial charge in [-0.2, -0.15) is 0 Å². The maximum absolute atomic E-state index is 10.4. The van der Waals surface area contributed by atoms with Gasteiger partial charge in [-0.15, -0.1) is 0 Å². The summed E-state index contributed by atoms with van der Waals surface area (Å²) in [6.07, 6.45) is -0.938. The van der Waals surface area contributed by atoms with E-state index in [0.717, 1.165) is 0 Å². The van der Waals surface area contributed by atoms with Crippen LogP contribution in [0.4, 0.5) is 10.5 Å². The Labute approximate surface area is 96.8 Å². The fourth-order valence-electron chi connectivity index (χ4n) is 1.37. The Morgan fingerprint density at radius 1 is 1.41 bits per heavy atom. The maximum atomic E-state index is 10.4. The topological polar surface area (TPSA) is 113 Å². The fourth-order valence-corrected chi connectivity index (χ4v) is 1.37. The molecule has 0 heterocycles. The molecule has 0 aromatic heterocycles. The van der Waals surface area contributed by atoms with Crippen LogP contribution in [-0.2, 0) is 6.42 Å². The normalized spacial score (nSPS) is 11.8. The first-order chi connectivity index (χ1) is 8.02. The van der Waals surface area contributed by atoms with Gasteiger partial charge in [-0.05, 0) is 12.0 Å². The van der Waals surface area contributed by atoms with Crippen molar-refractivity contribution in [1.82, 2.24) is 5.32 Å². The number of amides is 1. The monoisotopic (exact) mass is 240 g/mol. The lowest BCUT2D eigenvalue weighted by atomic mass is 10.1. The first kappa shape index (κ1) is 12.9. The van der Waals surface area contributed by atoms with Crippen molar-refractivity contribution in [2.75, 3.05) is 6.61 Å². The number of benzene rings is 1. The highest BCUT2D eigenvalue weighted by molar-refractivity contribution is 5.64. The summed E-state index contributed by atoms with van der Waals surface area (Å²) in [6.45, 7) is -0.330. The van der Waals surface area contributed by atoms with Gasteiger partial charge in [-0.3, -0.25) is 10.1 Å². The molecule has 1 unspecified atom stereocenters. The van der Waals surface area contributed by atoms with E-state index in [9.17, 15) is 14.9 Å². The number of hydrogen-bond acceptors (Lipinski definition) is 4. The number of nitro groups is 1. The van der Waals surface area contributed by atoms with Crippen LogP contribution >= 0.6 is 0 Å². The van der Waals surface area contributed by atoms with Crippen molar-refractivity contribution in [2.24, 2.45) is 0 Å². The van der Waals surface area contributed by atoms with Crippen molar-refractivity contribution in [3.63, 3.8) is 0 Å². The number of aliphatic hydroxyl groups excluding tert-OH is 1. The summed E-state index contributed by atoms with van der Waals surface area (Å²) in [5.41, 5.74) is 0.684. The standard InChI is InChI=1S/C10H12N2O5/c13-6-8(11-10(14)15)5-7-1-3-9(4-2-7)12(16)17/h1-4,8,11,13H,5-6H2,(H,14,15). The zero-order valence-electron chi connectivity index (χ0n) is 8.87. The molecule has 1 aromatic carbocycles. The van der Waals surface area contributed by atoms with Gasteiger partial charge < -0.3 is 15.5 Å². The summed E-state index contributed by atoms with van der Waals surface area (Å²) >= 11 is 0. The van der Waals surface area contributed by atoms with Crippen LogP contribution in [0.3, 0.4) is 0 Å². The smallest absolute Gasteiger partial charge is 0.404 e. The lowest BCUT2D eigenvalue weighted by Crippen LogP contribution is -2.38. The highest BCUT2D eigenvalue weighted by Gasteiger charge is 2.12. The molecule has 7 heteroatoms. The number of carbonyl (C=O) groups is 1. The van der Waals surface area contributed by atoms with E-state index >= 15 is 0 Å². The van der Waals surface area contributed by atoms with Crippen LogP contribution in [0.1, 0.15) is 5.56 Å². The molecule has 0 saturated heterocycles. The Balaban J connectivity index is 2.67. The Hall–Kier alpha value is -2.15. The molecule has 7 nitrogen and oxygen atoms in total. The van der Waals surface area contributed by atoms with Crippen LogP contribution in [-0.4, -0.2) is 33.9 Å². The summed E-state index contributed by atoms with van der Waals surface area (Å²) in [4.78, 5) is 20.3. The quantitative estimate of drug-likeness (QED) is 0.519. The molecule has 0 aliphatic heterocycles. The molecule has 1 atom stereocenters. The third-order valence-electron chi connectivity index (χ3n) is 2.18. The molecule has 1 amide bonds. The lowest BCUT2D eigenvalue weighted by molar-refractivity contribution is -0.384. The Kier molecular flexibility index (Phi) is 4.41. The van der Waals surface area contributed by atoms with Gasteiger partial charge in [0.15, 0.2) is 0 Å². The number of nitro benzene ring substituents is 1. The van der Waals surface area contributed by atoms with Gasteiger partial charge in [0.25, 0.3) is 5.69 Å². The molecule has 1 rings (SSSR count). The predicted octanol–water partition coefficient (Wildman–Crippen LogP) is 0.766. The van der Waals surface area contributed by atoms with E-state index in [1.807, 2.05) is 0 Å². The van der Waals surface area contributed by atoms with Crippen LogP contribution in [0.15, 0.2) is 24.3 Å². The minimum Gasteiger partial charge on any atom is -0.465 e. The zero-order valence-corrected chi connectivity index (χ0v) is 8.87. The van der Waals surface area contributed by atoms with Crippen molar-refractivity contribution < 1.29 is 19.9 Å². The molecule has 92 valence electrons. The minimum absolute atomic E-state index is 0.0273. The number of hydrogen-bond donors (Lipinski definition) is 3. The van der Waals surface area contributed by atoms with E-state index in [1.54, 1.807) is 0 Å². The van der Waals surface area contributed by atoms with Crippen molar-refractivity contribution in [2.45, 2.75) is 12.5 Å². The van der Waals surface area contributed by atoms with Gasteiger partial charge in [-0.1, -0.05) is 12.1 Å². The molecule has 0 saturated carbocycles. The fraction of sp³-hybridized carbons (Fsp3) is 0.300. The van der Waals surface area contributed by atoms with Crippen molar-refractivity contribution in [3.05, 3.63) is 39.9 Å². The van der Waals surface area contributed by atoms with E-state index in [4.69, 9.17) is 10.2 Å². The first-order valence-corrected chi connectivity index (χ1v) is 4.86. The number of nitrogens with one attached hydrogen (secondary N) is 1. The average molecular weight is 240 g/mol. The highest BCUT2D eigenvalue weighted by atomic mass is 16.6. The average Bonchev–Trinajstić information content (AvgIpc) is 2.28. The van der Waals surface area contributed by atoms with Gasteiger partial charge in [0.1, 0.15) is 0 Å². The molecule has 0 radical (unpaired) electrons. The van der Waals surface area contributed by atoms with Crippen molar-refractivity contribution in [3.8, 4) is 0 Å². The molecule has 0 bridgehead atoms. The molecule has 0 fully saturated rings. The van der Waals surface area contributed by atoms with Crippen molar-refractivity contribution >= 4 is 11.8 Å². The van der Waals surface area contributed by atoms with E-state index in [-0.39, 0.29) is 18.7 Å². The summed E-state index contributed by atoms with van der Waals surface area (Å²) in [6, 6.07) is 5.12. The summed E-state index contributed by atoms with van der Waals surface area (Å²) in [5.74, 6) is 0. The summed E-state index contributed by atoms with van der Waals surface area (Å²) in [5, 5.41) is 30.0. The second-order valence-electron chi connectivity index (χ2n) is 3.46. The molecule has 0 aliphatic carbocycles. The van der Waals surface area contributed by atoms with Crippen LogP contribution in [0, 0.1) is 10.1 Å². The molecule has 3 N–H and O–H groups in total. The van der Waals surface area contributed by atoms with Gasteiger partial charge >= 0.3 is 6.09 Å². The molecule has 17 heavy (non-hydrogen) atoms. The Morgan fingerprint density at radius 3 is 2.41 bits per heavy atom. The van der Waals surface area contributed by atoms with E-state index in [1.165, 1.54) is 24.3 Å². The Bertz CT molecular complexity index is 404. The summed E-state index contributed by atoms with van der Waals surface area (Å²) in [7, 11) is 0. The van der Waals surface area contributed by atoms with Crippen LogP contribution in [0.5, 0.6) is 0 Å². The Morgan fingerprint density at radius 2 is 2.00 bits per heavy atom. The molecular formula is C10H12N2O5. The number of carboxylic acid groups (broad SMARTS) is 1. The first-order valence-electron chi connectivity index (χ1n) is 4.86. The number of non-ortho nitro benzene ring substituents is 1.